The molecule has 0 amide bonds. The van der Waals surface area contributed by atoms with Crippen LogP contribution in [0.4, 0.5) is 11.5 Å². The van der Waals surface area contributed by atoms with Crippen molar-refractivity contribution in [2.45, 2.75) is 30.2 Å². The highest BCUT2D eigenvalue weighted by Crippen LogP contribution is 2.45. The van der Waals surface area contributed by atoms with Gasteiger partial charge in [-0.15, -0.1) is 11.6 Å². The van der Waals surface area contributed by atoms with Gasteiger partial charge in [-0.25, -0.2) is 9.97 Å². The Balaban J connectivity index is 2.21. The second-order valence-corrected chi connectivity index (χ2v) is 6.26. The number of nitro groups is 1. The number of anilines is 1. The molecule has 1 saturated heterocycles. The fourth-order valence-corrected chi connectivity index (χ4v) is 3.07. The molecule has 1 aliphatic rings. The second-order valence-electron chi connectivity index (χ2n) is 5.44. The quantitative estimate of drug-likeness (QED) is 0.405. The summed E-state index contributed by atoms with van der Waals surface area (Å²) in [5.41, 5.74) is 5.59. The van der Waals surface area contributed by atoms with Gasteiger partial charge >= 0.3 is 0 Å². The number of hydrogen-bond acceptors (Lipinski definition) is 8. The molecule has 0 saturated carbocycles. The largest absolute Gasteiger partial charge is 0.394 e. The van der Waals surface area contributed by atoms with Crippen molar-refractivity contribution in [1.29, 1.82) is 0 Å². The Kier molecular flexibility index (Phi) is 3.64. The van der Waals surface area contributed by atoms with Gasteiger partial charge in [0.2, 0.25) is 0 Å². The molecule has 4 atom stereocenters. The normalized spacial score (nSPS) is 30.9. The molecule has 1 fully saturated rings. The van der Waals surface area contributed by atoms with E-state index in [4.69, 9.17) is 22.1 Å². The predicted octanol–water partition coefficient (Wildman–Crippen LogP) is 0.170. The Morgan fingerprint density at radius 2 is 2.30 bits per heavy atom. The minimum atomic E-state index is -1.33. The number of ether oxygens (including phenoxy) is 1. The van der Waals surface area contributed by atoms with Crippen molar-refractivity contribution in [2.24, 2.45) is 0 Å². The van der Waals surface area contributed by atoms with Gasteiger partial charge in [0.1, 0.15) is 34.6 Å². The van der Waals surface area contributed by atoms with Crippen molar-refractivity contribution in [3.63, 3.8) is 0 Å². The fourth-order valence-electron chi connectivity index (χ4n) is 2.77. The van der Waals surface area contributed by atoms with Crippen LogP contribution in [0.15, 0.2) is 12.5 Å². The Morgan fingerprint density at radius 3 is 2.87 bits per heavy atom. The maximum Gasteiger partial charge on any atom is 0.300 e. The van der Waals surface area contributed by atoms with Crippen molar-refractivity contribution in [1.82, 2.24) is 14.5 Å². The van der Waals surface area contributed by atoms with Crippen LogP contribution in [-0.4, -0.2) is 53.4 Å². The standard InChI is InChI=1S/C12H14ClN5O5/c1-12(13)8(20)6(3-19)23-11(12)17-2-5(18(21)22)7-9(14)15-4-16-10(7)17/h2,4,6,8,11,19-20H,3H2,1H3,(H2,14,15,16)/t6-,8-,11-,12-/m1/s1. The monoisotopic (exact) mass is 343 g/mol. The molecular weight excluding hydrogens is 330 g/mol. The first-order valence-electron chi connectivity index (χ1n) is 6.67. The SMILES string of the molecule is C[C@@]1(Cl)[C@H](O)[C@@H](CO)O[C@H]1n1cc([N+](=O)[O-])c2c(N)ncnc21. The molecule has 2 aromatic rings. The third-order valence-electron chi connectivity index (χ3n) is 3.96. The number of aliphatic hydroxyl groups is 2. The zero-order chi connectivity index (χ0) is 16.9. The maximum atomic E-state index is 11.3. The molecule has 0 bridgehead atoms. The summed E-state index contributed by atoms with van der Waals surface area (Å²) in [5.74, 6) is -0.0472. The van der Waals surface area contributed by atoms with Crippen LogP contribution in [0, 0.1) is 10.1 Å². The van der Waals surface area contributed by atoms with Crippen LogP contribution in [0.5, 0.6) is 0 Å². The molecule has 0 unspecified atom stereocenters. The van der Waals surface area contributed by atoms with E-state index in [0.29, 0.717) is 0 Å². The Labute approximate surface area is 134 Å². The molecule has 2 aromatic heterocycles. The zero-order valence-electron chi connectivity index (χ0n) is 12.0. The zero-order valence-corrected chi connectivity index (χ0v) is 12.7. The summed E-state index contributed by atoms with van der Waals surface area (Å²) in [6.07, 6.45) is -0.721. The van der Waals surface area contributed by atoms with E-state index in [9.17, 15) is 20.3 Å². The van der Waals surface area contributed by atoms with E-state index in [0.717, 1.165) is 0 Å². The van der Waals surface area contributed by atoms with Crippen LogP contribution >= 0.6 is 11.6 Å². The van der Waals surface area contributed by atoms with Gasteiger partial charge in [-0.1, -0.05) is 0 Å². The molecule has 0 radical (unpaired) electrons. The third kappa shape index (κ3) is 2.22. The molecule has 0 spiro atoms. The molecule has 0 aliphatic carbocycles. The first-order chi connectivity index (χ1) is 10.8. The van der Waals surface area contributed by atoms with Crippen molar-refractivity contribution >= 4 is 34.1 Å². The van der Waals surface area contributed by atoms with E-state index >= 15 is 0 Å². The van der Waals surface area contributed by atoms with E-state index in [1.807, 2.05) is 0 Å². The van der Waals surface area contributed by atoms with Gasteiger partial charge in [-0.2, -0.15) is 0 Å². The lowest BCUT2D eigenvalue weighted by Gasteiger charge is -2.26. The molecule has 0 aromatic carbocycles. The highest BCUT2D eigenvalue weighted by Gasteiger charge is 2.53. The number of nitrogens with zero attached hydrogens (tertiary/aromatic N) is 4. The van der Waals surface area contributed by atoms with Crippen LogP contribution in [0.2, 0.25) is 0 Å². The van der Waals surface area contributed by atoms with Crippen LogP contribution in [0.1, 0.15) is 13.2 Å². The summed E-state index contributed by atoms with van der Waals surface area (Å²) in [5, 5.41) is 30.8. The Morgan fingerprint density at radius 1 is 1.61 bits per heavy atom. The van der Waals surface area contributed by atoms with Gasteiger partial charge in [0, 0.05) is 0 Å². The average molecular weight is 344 g/mol. The summed E-state index contributed by atoms with van der Waals surface area (Å²) in [7, 11) is 0. The van der Waals surface area contributed by atoms with Gasteiger partial charge < -0.3 is 20.7 Å². The highest BCUT2D eigenvalue weighted by atomic mass is 35.5. The van der Waals surface area contributed by atoms with Crippen LogP contribution < -0.4 is 5.73 Å². The molecule has 10 nitrogen and oxygen atoms in total. The number of alkyl halides is 1. The minimum Gasteiger partial charge on any atom is -0.394 e. The molecule has 4 N–H and O–H groups in total. The van der Waals surface area contributed by atoms with Crippen molar-refractivity contribution in [3.05, 3.63) is 22.6 Å². The van der Waals surface area contributed by atoms with Crippen LogP contribution in [-0.2, 0) is 4.74 Å². The first-order valence-corrected chi connectivity index (χ1v) is 7.05. The number of aliphatic hydroxyl groups excluding tert-OH is 2. The summed E-state index contributed by atoms with van der Waals surface area (Å²) < 4.78 is 6.90. The molecule has 1 aliphatic heterocycles. The van der Waals surface area contributed by atoms with Gasteiger partial charge in [-0.05, 0) is 6.92 Å². The summed E-state index contributed by atoms with van der Waals surface area (Å²) >= 11 is 6.37. The lowest BCUT2D eigenvalue weighted by atomic mass is 10.0. The first kappa shape index (κ1) is 15.9. The maximum absolute atomic E-state index is 11.3. The molecule has 3 rings (SSSR count). The third-order valence-corrected chi connectivity index (χ3v) is 4.38. The lowest BCUT2D eigenvalue weighted by molar-refractivity contribution is -0.383. The van der Waals surface area contributed by atoms with Gasteiger partial charge in [0.15, 0.2) is 11.9 Å². The Hall–Kier alpha value is -2.01. The van der Waals surface area contributed by atoms with E-state index in [1.54, 1.807) is 0 Å². The molecule has 11 heteroatoms. The summed E-state index contributed by atoms with van der Waals surface area (Å²) in [6, 6.07) is 0. The minimum absolute atomic E-state index is 0.0472. The van der Waals surface area contributed by atoms with Crippen molar-refractivity contribution in [3.8, 4) is 0 Å². The average Bonchev–Trinajstić information content (AvgIpc) is 2.97. The van der Waals surface area contributed by atoms with Gasteiger partial charge in [0.05, 0.1) is 17.7 Å². The van der Waals surface area contributed by atoms with Crippen molar-refractivity contribution < 1.29 is 19.9 Å². The molecule has 124 valence electrons. The molecular formula is C12H14ClN5O5. The number of nitrogens with two attached hydrogens (primary N) is 1. The van der Waals surface area contributed by atoms with Gasteiger partial charge in [-0.3, -0.25) is 14.7 Å². The summed E-state index contributed by atoms with van der Waals surface area (Å²) in [4.78, 5) is 17.1. The van der Waals surface area contributed by atoms with Crippen molar-refractivity contribution in [2.75, 3.05) is 12.3 Å². The lowest BCUT2D eigenvalue weighted by Crippen LogP contribution is -2.39. The Bertz CT molecular complexity index is 779. The van der Waals surface area contributed by atoms with Gasteiger partial charge in [0.25, 0.3) is 5.69 Å². The number of hydrogen-bond donors (Lipinski definition) is 3. The highest BCUT2D eigenvalue weighted by molar-refractivity contribution is 6.24. The van der Waals surface area contributed by atoms with Crippen LogP contribution in [0.3, 0.4) is 0 Å². The van der Waals surface area contributed by atoms with Crippen LogP contribution in [0.25, 0.3) is 11.0 Å². The predicted molar refractivity (Wildman–Crippen MR) is 79.9 cm³/mol. The smallest absolute Gasteiger partial charge is 0.300 e. The molecule has 3 heterocycles. The van der Waals surface area contributed by atoms with E-state index in [2.05, 4.69) is 9.97 Å². The number of halogens is 1. The number of rotatable bonds is 3. The number of fused-ring (bicyclic) bond motifs is 1. The molecule has 23 heavy (non-hydrogen) atoms. The van der Waals surface area contributed by atoms with E-state index in [1.165, 1.54) is 24.0 Å². The number of aromatic nitrogens is 3. The fraction of sp³-hybridized carbons (Fsp3) is 0.500. The number of nitrogen functional groups attached to an aromatic ring is 1. The second kappa shape index (κ2) is 5.27. The van der Waals surface area contributed by atoms with E-state index < -0.39 is 34.8 Å². The topological polar surface area (TPSA) is 150 Å². The van der Waals surface area contributed by atoms with E-state index in [-0.39, 0.29) is 22.5 Å². The summed E-state index contributed by atoms with van der Waals surface area (Å²) in [6.45, 7) is 1.07.